The van der Waals surface area contributed by atoms with Gasteiger partial charge >= 0.3 is 0 Å². The van der Waals surface area contributed by atoms with Gasteiger partial charge in [0.05, 0.1) is 0 Å². The minimum absolute atomic E-state index is 0.0511. The highest BCUT2D eigenvalue weighted by atomic mass is 16.2. The largest absolute Gasteiger partial charge is 0.340 e. The van der Waals surface area contributed by atoms with Crippen LogP contribution in [0.3, 0.4) is 0 Å². The number of nitrogens with two attached hydrogens (primary N) is 1. The fourth-order valence-corrected chi connectivity index (χ4v) is 3.48. The summed E-state index contributed by atoms with van der Waals surface area (Å²) < 4.78 is 0. The lowest BCUT2D eigenvalue weighted by Crippen LogP contribution is -2.40. The van der Waals surface area contributed by atoms with Gasteiger partial charge in [0.15, 0.2) is 0 Å². The molecule has 2 atom stereocenters. The summed E-state index contributed by atoms with van der Waals surface area (Å²) in [7, 11) is 0. The maximum Gasteiger partial charge on any atom is 0.239 e. The van der Waals surface area contributed by atoms with E-state index in [1.165, 1.54) is 0 Å². The summed E-state index contributed by atoms with van der Waals surface area (Å²) >= 11 is 0. The molecule has 1 aromatic rings. The monoisotopic (exact) mass is 301 g/mol. The third kappa shape index (κ3) is 2.73. The van der Waals surface area contributed by atoms with Gasteiger partial charge < -0.3 is 15.5 Å². The fraction of sp³-hybridized carbons (Fsp3) is 0.529. The van der Waals surface area contributed by atoms with Crippen LogP contribution in [0.25, 0.3) is 0 Å². The van der Waals surface area contributed by atoms with Crippen molar-refractivity contribution in [2.75, 3.05) is 24.5 Å². The summed E-state index contributed by atoms with van der Waals surface area (Å²) in [5.74, 6) is -0.661. The van der Waals surface area contributed by atoms with E-state index >= 15 is 0 Å². The quantitative estimate of drug-likeness (QED) is 0.835. The van der Waals surface area contributed by atoms with E-state index in [4.69, 9.17) is 5.73 Å². The second-order valence-corrected chi connectivity index (χ2v) is 6.51. The SMILES string of the molecule is Cc1cc(C)cc(N2CCC(C(=O)N3CC[C@H](N)C3)C2=O)c1. The van der Waals surface area contributed by atoms with E-state index < -0.39 is 5.92 Å². The second kappa shape index (κ2) is 5.72. The van der Waals surface area contributed by atoms with Crippen molar-refractivity contribution in [2.24, 2.45) is 11.7 Å². The molecule has 0 spiro atoms. The first-order valence-electron chi connectivity index (χ1n) is 7.90. The zero-order valence-electron chi connectivity index (χ0n) is 13.2. The molecule has 5 heteroatoms. The summed E-state index contributed by atoms with van der Waals surface area (Å²) in [6, 6.07) is 6.14. The van der Waals surface area contributed by atoms with E-state index in [2.05, 4.69) is 6.07 Å². The number of hydrogen-bond acceptors (Lipinski definition) is 3. The van der Waals surface area contributed by atoms with Crippen LogP contribution < -0.4 is 10.6 Å². The van der Waals surface area contributed by atoms with Gasteiger partial charge in [-0.2, -0.15) is 0 Å². The van der Waals surface area contributed by atoms with Gasteiger partial charge in [0, 0.05) is 31.4 Å². The molecule has 2 aliphatic heterocycles. The summed E-state index contributed by atoms with van der Waals surface area (Å²) in [5.41, 5.74) is 9.01. The summed E-state index contributed by atoms with van der Waals surface area (Å²) in [5, 5.41) is 0. The third-order valence-corrected chi connectivity index (χ3v) is 4.56. The molecule has 1 aromatic carbocycles. The summed E-state index contributed by atoms with van der Waals surface area (Å²) in [6.07, 6.45) is 1.42. The Labute approximate surface area is 131 Å². The van der Waals surface area contributed by atoms with Crippen molar-refractivity contribution in [3.8, 4) is 0 Å². The van der Waals surface area contributed by atoms with E-state index in [-0.39, 0.29) is 17.9 Å². The Bertz CT molecular complexity index is 594. The molecule has 3 rings (SSSR count). The Balaban J connectivity index is 1.76. The second-order valence-electron chi connectivity index (χ2n) is 6.51. The van der Waals surface area contributed by atoms with Crippen LogP contribution in [0.4, 0.5) is 5.69 Å². The van der Waals surface area contributed by atoms with Gasteiger partial charge in [-0.05, 0) is 49.9 Å². The van der Waals surface area contributed by atoms with Gasteiger partial charge in [-0.15, -0.1) is 0 Å². The normalized spacial score (nSPS) is 25.1. The lowest BCUT2D eigenvalue weighted by Gasteiger charge is -2.21. The Morgan fingerprint density at radius 3 is 2.41 bits per heavy atom. The average Bonchev–Trinajstić information content (AvgIpc) is 3.03. The smallest absolute Gasteiger partial charge is 0.239 e. The number of amides is 2. The Morgan fingerprint density at radius 1 is 1.14 bits per heavy atom. The van der Waals surface area contributed by atoms with E-state index in [0.717, 1.165) is 23.2 Å². The van der Waals surface area contributed by atoms with Crippen molar-refractivity contribution in [1.29, 1.82) is 0 Å². The lowest BCUT2D eigenvalue weighted by molar-refractivity contribution is -0.139. The van der Waals surface area contributed by atoms with Crippen molar-refractivity contribution in [2.45, 2.75) is 32.7 Å². The summed E-state index contributed by atoms with van der Waals surface area (Å²) in [4.78, 5) is 28.7. The van der Waals surface area contributed by atoms with E-state index in [1.807, 2.05) is 26.0 Å². The molecule has 0 saturated carbocycles. The van der Waals surface area contributed by atoms with Gasteiger partial charge in [-0.3, -0.25) is 9.59 Å². The molecule has 2 fully saturated rings. The van der Waals surface area contributed by atoms with Crippen LogP contribution in [-0.2, 0) is 9.59 Å². The predicted molar refractivity (Wildman–Crippen MR) is 85.5 cm³/mol. The van der Waals surface area contributed by atoms with Crippen LogP contribution in [0.2, 0.25) is 0 Å². The molecule has 5 nitrogen and oxygen atoms in total. The highest BCUT2D eigenvalue weighted by Gasteiger charge is 2.41. The molecule has 2 amide bonds. The topological polar surface area (TPSA) is 66.6 Å². The summed E-state index contributed by atoms with van der Waals surface area (Å²) in [6.45, 7) is 5.90. The first kappa shape index (κ1) is 15.0. The van der Waals surface area contributed by atoms with Crippen molar-refractivity contribution in [3.05, 3.63) is 29.3 Å². The number of anilines is 1. The molecule has 0 aromatic heterocycles. The maximum absolute atomic E-state index is 12.7. The molecule has 0 radical (unpaired) electrons. The first-order valence-corrected chi connectivity index (χ1v) is 7.90. The number of nitrogens with zero attached hydrogens (tertiary/aromatic N) is 2. The minimum atomic E-state index is -0.536. The van der Waals surface area contributed by atoms with Crippen LogP contribution in [-0.4, -0.2) is 42.4 Å². The molecule has 1 unspecified atom stereocenters. The molecular weight excluding hydrogens is 278 g/mol. The third-order valence-electron chi connectivity index (χ3n) is 4.56. The molecule has 0 aliphatic carbocycles. The number of carbonyl (C=O) groups is 2. The molecular formula is C17H23N3O2. The van der Waals surface area contributed by atoms with Gasteiger partial charge in [-0.25, -0.2) is 0 Å². The van der Waals surface area contributed by atoms with Crippen LogP contribution in [0.1, 0.15) is 24.0 Å². The molecule has 2 saturated heterocycles. The average molecular weight is 301 g/mol. The molecule has 2 N–H and O–H groups in total. The highest BCUT2D eigenvalue weighted by molar-refractivity contribution is 6.09. The number of hydrogen-bond donors (Lipinski definition) is 1. The Morgan fingerprint density at radius 2 is 1.82 bits per heavy atom. The molecule has 2 aliphatic rings. The van der Waals surface area contributed by atoms with Crippen molar-refractivity contribution >= 4 is 17.5 Å². The zero-order chi connectivity index (χ0) is 15.9. The zero-order valence-corrected chi connectivity index (χ0v) is 13.2. The lowest BCUT2D eigenvalue weighted by atomic mass is 10.1. The van der Waals surface area contributed by atoms with Crippen LogP contribution in [0, 0.1) is 19.8 Å². The minimum Gasteiger partial charge on any atom is -0.340 e. The molecule has 2 heterocycles. The molecule has 22 heavy (non-hydrogen) atoms. The number of likely N-dealkylation sites (tertiary alicyclic amines) is 1. The van der Waals surface area contributed by atoms with Crippen molar-refractivity contribution in [1.82, 2.24) is 4.90 Å². The number of rotatable bonds is 2. The number of aryl methyl sites for hydroxylation is 2. The highest BCUT2D eigenvalue weighted by Crippen LogP contribution is 2.28. The Hall–Kier alpha value is -1.88. The van der Waals surface area contributed by atoms with Crippen LogP contribution >= 0.6 is 0 Å². The predicted octanol–water partition coefficient (Wildman–Crippen LogP) is 1.22. The fourth-order valence-electron chi connectivity index (χ4n) is 3.48. The maximum atomic E-state index is 12.7. The van der Waals surface area contributed by atoms with E-state index in [0.29, 0.717) is 26.1 Å². The van der Waals surface area contributed by atoms with Crippen molar-refractivity contribution in [3.63, 3.8) is 0 Å². The molecule has 118 valence electrons. The Kier molecular flexibility index (Phi) is 3.91. The van der Waals surface area contributed by atoms with Gasteiger partial charge in [0.2, 0.25) is 11.8 Å². The van der Waals surface area contributed by atoms with Crippen LogP contribution in [0.15, 0.2) is 18.2 Å². The van der Waals surface area contributed by atoms with Gasteiger partial charge in [0.1, 0.15) is 5.92 Å². The number of carbonyl (C=O) groups excluding carboxylic acids is 2. The van der Waals surface area contributed by atoms with Gasteiger partial charge in [-0.1, -0.05) is 6.07 Å². The van der Waals surface area contributed by atoms with E-state index in [9.17, 15) is 9.59 Å². The first-order chi connectivity index (χ1) is 10.5. The van der Waals surface area contributed by atoms with Crippen molar-refractivity contribution < 1.29 is 9.59 Å². The molecule has 0 bridgehead atoms. The van der Waals surface area contributed by atoms with Crippen LogP contribution in [0.5, 0.6) is 0 Å². The standard InChI is InChI=1S/C17H23N3O2/c1-11-7-12(2)9-14(8-11)20-6-4-15(17(20)22)16(21)19-5-3-13(18)10-19/h7-9,13,15H,3-6,10,18H2,1-2H3/t13-,15?/m0/s1. The van der Waals surface area contributed by atoms with Gasteiger partial charge in [0.25, 0.3) is 0 Å². The van der Waals surface area contributed by atoms with E-state index in [1.54, 1.807) is 9.80 Å². The number of benzene rings is 1.